The Hall–Kier alpha value is -3.93. The minimum Gasteiger partial charge on any atom is -0.481 e. The van der Waals surface area contributed by atoms with E-state index in [9.17, 15) is 9.36 Å². The number of amides is 1. The van der Waals surface area contributed by atoms with Crippen LogP contribution in [0.1, 0.15) is 13.8 Å². The number of carbonyl (C=O) groups is 1. The summed E-state index contributed by atoms with van der Waals surface area (Å²) in [6.07, 6.45) is 11.8. The fourth-order valence-electron chi connectivity index (χ4n) is 4.13. The van der Waals surface area contributed by atoms with Crippen LogP contribution >= 0.6 is 7.82 Å². The molecule has 0 saturated carbocycles. The smallest absolute Gasteiger partial charge is 0.476 e. The van der Waals surface area contributed by atoms with Crippen molar-refractivity contribution in [1.82, 2.24) is 24.4 Å². The summed E-state index contributed by atoms with van der Waals surface area (Å²) >= 11 is 0. The largest absolute Gasteiger partial charge is 0.481 e. The number of rotatable bonds is 14. The van der Waals surface area contributed by atoms with Crippen molar-refractivity contribution in [2.75, 3.05) is 46.3 Å². The molecule has 4 heterocycles. The van der Waals surface area contributed by atoms with Crippen LogP contribution in [0, 0.1) is 0 Å². The number of fused-ring (bicyclic) bond motifs is 1. The van der Waals surface area contributed by atoms with Crippen molar-refractivity contribution in [3.8, 4) is 28.1 Å². The molecular weight excluding hydrogens is 559 g/mol. The summed E-state index contributed by atoms with van der Waals surface area (Å²) in [7, 11) is 1.66. The number of hydrogen-bond acceptors (Lipinski definition) is 10. The number of nitrogens with zero attached hydrogens (tertiary/aromatic N) is 5. The molecule has 0 saturated heterocycles. The van der Waals surface area contributed by atoms with Crippen LogP contribution in [-0.2, 0) is 29.7 Å². The number of aromatic nitrogens is 4. The average molecular weight is 595 g/mol. The van der Waals surface area contributed by atoms with Crippen molar-refractivity contribution in [1.29, 1.82) is 0 Å². The van der Waals surface area contributed by atoms with Gasteiger partial charge in [-0.3, -0.25) is 23.3 Å². The molecule has 0 atom stereocenters. The van der Waals surface area contributed by atoms with E-state index in [1.165, 1.54) is 6.08 Å². The quantitative estimate of drug-likeness (QED) is 0.150. The molecular formula is C29H35N6O6P. The van der Waals surface area contributed by atoms with Crippen molar-refractivity contribution < 1.29 is 27.7 Å². The number of carbonyl (C=O) groups excluding carboxylic acids is 1. The van der Waals surface area contributed by atoms with Crippen LogP contribution in [0.25, 0.3) is 33.3 Å². The lowest BCUT2D eigenvalue weighted by Gasteiger charge is -2.16. The van der Waals surface area contributed by atoms with Crippen molar-refractivity contribution in [3.05, 3.63) is 67.4 Å². The molecule has 0 spiro atoms. The fourth-order valence-corrected chi connectivity index (χ4v) is 5.25. The average Bonchev–Trinajstić information content (AvgIpc) is 3.34. The number of pyridine rings is 3. The first-order chi connectivity index (χ1) is 20.2. The molecule has 0 aliphatic carbocycles. The molecule has 42 heavy (non-hydrogen) atoms. The fraction of sp³-hybridized carbons (Fsp3) is 0.310. The molecule has 0 aliphatic heterocycles. The Balaban J connectivity index is 1.71. The molecule has 222 valence electrons. The van der Waals surface area contributed by atoms with E-state index in [0.717, 1.165) is 27.6 Å². The third kappa shape index (κ3) is 7.87. The van der Waals surface area contributed by atoms with Crippen LogP contribution < -0.4 is 10.1 Å². The Bertz CT molecular complexity index is 1590. The molecule has 0 fully saturated rings. The highest BCUT2D eigenvalue weighted by Gasteiger charge is 2.26. The Morgan fingerprint density at radius 2 is 1.79 bits per heavy atom. The molecule has 4 aromatic heterocycles. The van der Waals surface area contributed by atoms with Crippen molar-refractivity contribution in [2.45, 2.75) is 20.6 Å². The zero-order valence-corrected chi connectivity index (χ0v) is 25.2. The third-order valence-corrected chi connectivity index (χ3v) is 7.56. The first-order valence-electron chi connectivity index (χ1n) is 13.4. The molecule has 4 aromatic rings. The van der Waals surface area contributed by atoms with E-state index in [1.807, 2.05) is 49.5 Å². The molecule has 0 aliphatic rings. The monoisotopic (exact) mass is 594 g/mol. The van der Waals surface area contributed by atoms with Gasteiger partial charge in [0, 0.05) is 65.6 Å². The number of phosphoric acid groups is 1. The van der Waals surface area contributed by atoms with Gasteiger partial charge in [-0.1, -0.05) is 6.08 Å². The van der Waals surface area contributed by atoms with E-state index >= 15 is 0 Å². The maximum Gasteiger partial charge on any atom is 0.476 e. The summed E-state index contributed by atoms with van der Waals surface area (Å²) in [6, 6.07) is 7.50. The van der Waals surface area contributed by atoms with Crippen LogP contribution in [0.5, 0.6) is 5.88 Å². The van der Waals surface area contributed by atoms with Crippen LogP contribution in [0.3, 0.4) is 0 Å². The van der Waals surface area contributed by atoms with Gasteiger partial charge in [0.15, 0.2) is 0 Å². The lowest BCUT2D eigenvalue weighted by atomic mass is 10.0. The zero-order chi connectivity index (χ0) is 30.1. The number of phosphoric ester groups is 1. The standard InChI is InChI=1S/C29H35N6O6P/c1-6-39-42(37,40-7-2)41-20-35-19-26(21-10-11-31-28(15-21)38-5)25-14-23(17-32-29(25)35)22-13-24(18-30-16-22)33-27(36)9-8-12-34(3)4/h8-11,13-19H,6-7,12,20H2,1-5H3,(H,33,36). The predicted molar refractivity (Wildman–Crippen MR) is 161 cm³/mol. The second kappa shape index (κ2) is 14.3. The summed E-state index contributed by atoms with van der Waals surface area (Å²) < 4.78 is 36.2. The molecule has 0 bridgehead atoms. The number of anilines is 1. The van der Waals surface area contributed by atoms with Crippen LogP contribution in [0.2, 0.25) is 0 Å². The number of nitrogens with one attached hydrogen (secondary N) is 1. The first kappa shape index (κ1) is 31.0. The maximum absolute atomic E-state index is 12.9. The summed E-state index contributed by atoms with van der Waals surface area (Å²) in [5, 5.41) is 3.65. The normalized spacial score (nSPS) is 12.0. The molecule has 12 nitrogen and oxygen atoms in total. The van der Waals surface area contributed by atoms with E-state index in [0.29, 0.717) is 23.8 Å². The Morgan fingerprint density at radius 1 is 1.02 bits per heavy atom. The number of ether oxygens (including phenoxy) is 1. The second-order valence-corrected chi connectivity index (χ2v) is 11.0. The SMILES string of the molecule is CCOP(=O)(OCC)OCn1cc(-c2ccnc(OC)c2)c2cc(-c3cncc(NC(=O)C=CCN(C)C)c3)cnc21. The molecule has 0 aromatic carbocycles. The van der Waals surface area contributed by atoms with Gasteiger partial charge in [-0.15, -0.1) is 0 Å². The third-order valence-electron chi connectivity index (χ3n) is 5.98. The Morgan fingerprint density at radius 3 is 2.50 bits per heavy atom. The van der Waals surface area contributed by atoms with Gasteiger partial charge in [0.2, 0.25) is 11.8 Å². The predicted octanol–water partition coefficient (Wildman–Crippen LogP) is 5.38. The van der Waals surface area contributed by atoms with Crippen molar-refractivity contribution in [2.24, 2.45) is 0 Å². The molecule has 13 heteroatoms. The topological polar surface area (TPSA) is 130 Å². The number of likely N-dealkylation sites (N-methyl/N-ethyl adjacent to an activating group) is 1. The van der Waals surface area contributed by atoms with Gasteiger partial charge < -0.3 is 19.5 Å². The maximum atomic E-state index is 12.9. The minimum absolute atomic E-state index is 0.118. The van der Waals surface area contributed by atoms with Gasteiger partial charge in [0.25, 0.3) is 0 Å². The Labute approximate surface area is 244 Å². The van der Waals surface area contributed by atoms with Crippen LogP contribution in [0.4, 0.5) is 5.69 Å². The van der Waals surface area contributed by atoms with E-state index < -0.39 is 7.82 Å². The van der Waals surface area contributed by atoms with E-state index in [1.54, 1.807) is 56.4 Å². The molecule has 4 rings (SSSR count). The summed E-state index contributed by atoms with van der Waals surface area (Å²) in [6.45, 7) is 4.32. The van der Waals surface area contributed by atoms with Gasteiger partial charge in [0.1, 0.15) is 12.4 Å². The van der Waals surface area contributed by atoms with Crippen molar-refractivity contribution >= 4 is 30.5 Å². The molecule has 0 unspecified atom stereocenters. The van der Waals surface area contributed by atoms with Gasteiger partial charge >= 0.3 is 7.82 Å². The van der Waals surface area contributed by atoms with Crippen LogP contribution in [0.15, 0.2) is 67.4 Å². The lowest BCUT2D eigenvalue weighted by molar-refractivity contribution is -0.111. The summed E-state index contributed by atoms with van der Waals surface area (Å²) in [4.78, 5) is 27.6. The molecule has 1 N–H and O–H groups in total. The van der Waals surface area contributed by atoms with E-state index in [4.69, 9.17) is 23.3 Å². The van der Waals surface area contributed by atoms with E-state index in [-0.39, 0.29) is 25.9 Å². The van der Waals surface area contributed by atoms with Crippen LogP contribution in [-0.4, -0.2) is 71.3 Å². The van der Waals surface area contributed by atoms with Crippen molar-refractivity contribution in [3.63, 3.8) is 0 Å². The zero-order valence-electron chi connectivity index (χ0n) is 24.3. The molecule has 0 radical (unpaired) electrons. The number of hydrogen-bond donors (Lipinski definition) is 1. The second-order valence-electron chi connectivity index (χ2n) is 9.35. The summed E-state index contributed by atoms with van der Waals surface area (Å²) in [5.74, 6) is 0.213. The number of methoxy groups -OCH3 is 1. The highest BCUT2D eigenvalue weighted by molar-refractivity contribution is 7.48. The van der Waals surface area contributed by atoms with Gasteiger partial charge in [0.05, 0.1) is 32.2 Å². The molecule has 1 amide bonds. The van der Waals surface area contributed by atoms with Gasteiger partial charge in [-0.05, 0) is 51.7 Å². The highest BCUT2D eigenvalue weighted by Crippen LogP contribution is 2.49. The van der Waals surface area contributed by atoms with Gasteiger partial charge in [-0.2, -0.15) is 0 Å². The van der Waals surface area contributed by atoms with E-state index in [2.05, 4.69) is 15.3 Å². The van der Waals surface area contributed by atoms with Gasteiger partial charge in [-0.25, -0.2) is 14.5 Å². The lowest BCUT2D eigenvalue weighted by Crippen LogP contribution is -2.13. The minimum atomic E-state index is -3.75. The highest BCUT2D eigenvalue weighted by atomic mass is 31.2. The Kier molecular flexibility index (Phi) is 10.6. The summed E-state index contributed by atoms with van der Waals surface area (Å²) in [5.41, 5.74) is 4.36. The first-order valence-corrected chi connectivity index (χ1v) is 14.8.